The molecular formula is C17H19N5O5. The van der Waals surface area contributed by atoms with E-state index in [0.29, 0.717) is 11.2 Å². The number of nitrogens with zero attached hydrogens (tertiary/aromatic N) is 4. The van der Waals surface area contributed by atoms with Crippen LogP contribution in [-0.2, 0) is 11.3 Å². The summed E-state index contributed by atoms with van der Waals surface area (Å²) < 4.78 is 12.8. The average molecular weight is 373 g/mol. The van der Waals surface area contributed by atoms with Crippen molar-refractivity contribution in [1.82, 2.24) is 19.5 Å². The molecule has 4 rings (SSSR count). The lowest BCUT2D eigenvalue weighted by Gasteiger charge is -2.19. The summed E-state index contributed by atoms with van der Waals surface area (Å²) in [4.78, 5) is 12.4. The molecule has 2 aromatic heterocycles. The molecule has 0 spiro atoms. The van der Waals surface area contributed by atoms with Crippen molar-refractivity contribution in [3.05, 3.63) is 42.2 Å². The molecule has 0 bridgehead atoms. The van der Waals surface area contributed by atoms with Crippen molar-refractivity contribution in [3.63, 3.8) is 0 Å². The summed E-state index contributed by atoms with van der Waals surface area (Å²) in [5, 5.41) is 29.8. The zero-order chi connectivity index (χ0) is 19.0. The fourth-order valence-electron chi connectivity index (χ4n) is 3.05. The first kappa shape index (κ1) is 17.6. The lowest BCUT2D eigenvalue weighted by Crippen LogP contribution is -2.33. The number of aliphatic hydroxyl groups excluding tert-OH is 3. The Labute approximate surface area is 153 Å². The average Bonchev–Trinajstić information content (AvgIpc) is 3.19. The molecule has 0 aliphatic carbocycles. The van der Waals surface area contributed by atoms with Crippen LogP contribution in [0.1, 0.15) is 11.8 Å². The molecule has 5 N–H and O–H groups in total. The molecule has 10 nitrogen and oxygen atoms in total. The van der Waals surface area contributed by atoms with Gasteiger partial charge in [0.15, 0.2) is 23.2 Å². The van der Waals surface area contributed by atoms with Gasteiger partial charge in [-0.3, -0.25) is 0 Å². The highest BCUT2D eigenvalue weighted by atomic mass is 16.6. The second-order valence-electron chi connectivity index (χ2n) is 6.20. The molecule has 1 aliphatic heterocycles. The lowest BCUT2D eigenvalue weighted by molar-refractivity contribution is -0.0545. The third-order valence-corrected chi connectivity index (χ3v) is 4.46. The first-order chi connectivity index (χ1) is 13.1. The van der Waals surface area contributed by atoms with Crippen LogP contribution in [0.2, 0.25) is 0 Å². The number of aliphatic hydroxyl groups is 3. The summed E-state index contributed by atoms with van der Waals surface area (Å²) in [5.41, 5.74) is 7.38. The molecular weight excluding hydrogens is 354 g/mol. The monoisotopic (exact) mass is 373 g/mol. The Kier molecular flexibility index (Phi) is 4.62. The van der Waals surface area contributed by atoms with E-state index < -0.39 is 31.1 Å². The van der Waals surface area contributed by atoms with Gasteiger partial charge in [-0.1, -0.05) is 30.3 Å². The van der Waals surface area contributed by atoms with Gasteiger partial charge in [-0.05, 0) is 5.56 Å². The van der Waals surface area contributed by atoms with Gasteiger partial charge in [0.2, 0.25) is 0 Å². The molecule has 1 saturated heterocycles. The minimum absolute atomic E-state index is 0.107. The fourth-order valence-corrected chi connectivity index (χ4v) is 3.05. The number of nitrogen functional groups attached to an aromatic ring is 1. The number of aromatic nitrogens is 4. The Morgan fingerprint density at radius 1 is 1.15 bits per heavy atom. The summed E-state index contributed by atoms with van der Waals surface area (Å²) in [5.74, 6) is 0.148. The second kappa shape index (κ2) is 7.08. The van der Waals surface area contributed by atoms with E-state index in [0.717, 1.165) is 5.56 Å². The number of hydrogen-bond donors (Lipinski definition) is 4. The number of fused-ring (bicyclic) bond motifs is 1. The van der Waals surface area contributed by atoms with Crippen LogP contribution in [0, 0.1) is 0 Å². The molecule has 0 amide bonds. The van der Waals surface area contributed by atoms with E-state index in [9.17, 15) is 15.3 Å². The zero-order valence-corrected chi connectivity index (χ0v) is 14.2. The van der Waals surface area contributed by atoms with Gasteiger partial charge in [0.1, 0.15) is 31.2 Å². The molecule has 3 aromatic rings. The zero-order valence-electron chi connectivity index (χ0n) is 14.2. The standard InChI is InChI=1S/C17H19N5O5/c18-14-11-15(20-8-19-14)22(16-13(25)12(24)10(6-23)27-16)17(21-11)26-7-9-4-2-1-3-5-9/h1-5,8,10,12-13,16,23-25H,6-7H2,(H2,18,19,20)/t10-,12?,13?,16-/m1/s1. The van der Waals surface area contributed by atoms with Crippen LogP contribution < -0.4 is 10.5 Å². The second-order valence-corrected chi connectivity index (χ2v) is 6.20. The van der Waals surface area contributed by atoms with Gasteiger partial charge in [0.05, 0.1) is 6.61 Å². The molecule has 1 aromatic carbocycles. The predicted molar refractivity (Wildman–Crippen MR) is 93.5 cm³/mol. The van der Waals surface area contributed by atoms with Crippen LogP contribution in [0.3, 0.4) is 0 Å². The van der Waals surface area contributed by atoms with Crippen molar-refractivity contribution < 1.29 is 24.8 Å². The predicted octanol–water partition coefficient (Wildman–Crippen LogP) is -0.401. The Morgan fingerprint density at radius 2 is 1.93 bits per heavy atom. The van der Waals surface area contributed by atoms with Gasteiger partial charge in [-0.25, -0.2) is 14.5 Å². The minimum Gasteiger partial charge on any atom is -0.460 e. The van der Waals surface area contributed by atoms with Crippen molar-refractivity contribution in [2.24, 2.45) is 0 Å². The summed E-state index contributed by atoms with van der Waals surface area (Å²) in [6.07, 6.45) is -3.31. The van der Waals surface area contributed by atoms with Gasteiger partial charge < -0.3 is 30.5 Å². The number of rotatable bonds is 5. The molecule has 0 radical (unpaired) electrons. The van der Waals surface area contributed by atoms with Crippen molar-refractivity contribution in [1.29, 1.82) is 0 Å². The van der Waals surface area contributed by atoms with Crippen LogP contribution >= 0.6 is 0 Å². The van der Waals surface area contributed by atoms with E-state index in [2.05, 4.69) is 15.0 Å². The SMILES string of the molecule is Nc1ncnc2c1nc(OCc1ccccc1)n2[C@@H]1O[C@H](CO)C(O)C1O. The van der Waals surface area contributed by atoms with Crippen LogP contribution in [0.5, 0.6) is 6.01 Å². The normalized spacial score (nSPS) is 25.1. The Hall–Kier alpha value is -2.79. The molecule has 1 aliphatic rings. The van der Waals surface area contributed by atoms with Gasteiger partial charge in [0.25, 0.3) is 0 Å². The van der Waals surface area contributed by atoms with Crippen molar-refractivity contribution in [2.75, 3.05) is 12.3 Å². The van der Waals surface area contributed by atoms with Gasteiger partial charge in [-0.15, -0.1) is 0 Å². The summed E-state index contributed by atoms with van der Waals surface area (Å²) in [6.45, 7) is -0.231. The number of benzene rings is 1. The topological polar surface area (TPSA) is 149 Å². The van der Waals surface area contributed by atoms with Gasteiger partial charge in [0, 0.05) is 0 Å². The number of anilines is 1. The summed E-state index contributed by atoms with van der Waals surface area (Å²) >= 11 is 0. The molecule has 2 unspecified atom stereocenters. The van der Waals surface area contributed by atoms with E-state index in [-0.39, 0.29) is 18.4 Å². The van der Waals surface area contributed by atoms with Crippen molar-refractivity contribution in [2.45, 2.75) is 31.1 Å². The smallest absolute Gasteiger partial charge is 0.301 e. The third-order valence-electron chi connectivity index (χ3n) is 4.46. The Bertz CT molecular complexity index is 934. The highest BCUT2D eigenvalue weighted by Crippen LogP contribution is 2.36. The number of hydrogen-bond acceptors (Lipinski definition) is 9. The largest absolute Gasteiger partial charge is 0.460 e. The van der Waals surface area contributed by atoms with Gasteiger partial charge >= 0.3 is 6.01 Å². The first-order valence-corrected chi connectivity index (χ1v) is 8.37. The summed E-state index contributed by atoms with van der Waals surface area (Å²) in [7, 11) is 0. The van der Waals surface area contributed by atoms with Crippen molar-refractivity contribution in [3.8, 4) is 6.01 Å². The van der Waals surface area contributed by atoms with E-state index in [4.69, 9.17) is 15.2 Å². The van der Waals surface area contributed by atoms with Crippen LogP contribution in [0.4, 0.5) is 5.82 Å². The van der Waals surface area contributed by atoms with E-state index >= 15 is 0 Å². The fraction of sp³-hybridized carbons (Fsp3) is 0.353. The van der Waals surface area contributed by atoms with Crippen LogP contribution in [0.15, 0.2) is 36.7 Å². The molecule has 0 saturated carbocycles. The number of ether oxygens (including phenoxy) is 2. The first-order valence-electron chi connectivity index (χ1n) is 8.37. The highest BCUT2D eigenvalue weighted by molar-refractivity contribution is 5.82. The van der Waals surface area contributed by atoms with Gasteiger partial charge in [-0.2, -0.15) is 4.98 Å². The lowest BCUT2D eigenvalue weighted by atomic mass is 10.1. The summed E-state index contributed by atoms with van der Waals surface area (Å²) in [6, 6.07) is 9.57. The quantitative estimate of drug-likeness (QED) is 0.468. The Morgan fingerprint density at radius 3 is 2.63 bits per heavy atom. The number of nitrogens with two attached hydrogens (primary N) is 1. The van der Waals surface area contributed by atoms with Crippen molar-refractivity contribution >= 4 is 17.0 Å². The molecule has 27 heavy (non-hydrogen) atoms. The van der Waals surface area contributed by atoms with Crippen LogP contribution in [-0.4, -0.2) is 59.8 Å². The molecule has 10 heteroatoms. The molecule has 4 atom stereocenters. The molecule has 1 fully saturated rings. The Balaban J connectivity index is 1.74. The maximum atomic E-state index is 10.4. The maximum absolute atomic E-state index is 10.4. The number of imidazole rings is 1. The van der Waals surface area contributed by atoms with E-state index in [1.807, 2.05) is 30.3 Å². The third kappa shape index (κ3) is 3.08. The van der Waals surface area contributed by atoms with E-state index in [1.165, 1.54) is 10.9 Å². The van der Waals surface area contributed by atoms with Crippen LogP contribution in [0.25, 0.3) is 11.2 Å². The highest BCUT2D eigenvalue weighted by Gasteiger charge is 2.45. The minimum atomic E-state index is -1.31. The molecule has 3 heterocycles. The van der Waals surface area contributed by atoms with E-state index in [1.54, 1.807) is 0 Å². The maximum Gasteiger partial charge on any atom is 0.301 e. The molecule has 142 valence electrons.